The van der Waals surface area contributed by atoms with Crippen LogP contribution in [0.1, 0.15) is 34.6 Å². The molecule has 0 saturated heterocycles. The van der Waals surface area contributed by atoms with E-state index in [9.17, 15) is 9.59 Å². The van der Waals surface area contributed by atoms with Crippen molar-refractivity contribution >= 4 is 12.9 Å². The van der Waals surface area contributed by atoms with Crippen LogP contribution in [0.3, 0.4) is 0 Å². The first kappa shape index (κ1) is 17.4. The molecule has 0 amide bonds. The van der Waals surface area contributed by atoms with Crippen LogP contribution in [0.25, 0.3) is 0 Å². The number of carbonyl (C=O) groups excluding carboxylic acids is 2. The molecule has 0 aromatic rings. The molecule has 1 aliphatic rings. The van der Waals surface area contributed by atoms with E-state index < -0.39 is 18.6 Å². The van der Waals surface area contributed by atoms with E-state index in [-0.39, 0.29) is 17.8 Å². The van der Waals surface area contributed by atoms with Crippen molar-refractivity contribution in [3.8, 4) is 0 Å². The van der Waals surface area contributed by atoms with Gasteiger partial charge in [-0.3, -0.25) is 0 Å². The van der Waals surface area contributed by atoms with Crippen molar-refractivity contribution in [1.29, 1.82) is 0 Å². The fourth-order valence-electron chi connectivity index (χ4n) is 2.24. The minimum atomic E-state index is -2.75. The van der Waals surface area contributed by atoms with Crippen molar-refractivity contribution in [3.63, 3.8) is 0 Å². The predicted octanol–water partition coefficient (Wildman–Crippen LogP) is -0.565. The van der Waals surface area contributed by atoms with E-state index in [0.29, 0.717) is 12.9 Å². The smallest absolute Gasteiger partial charge is 1.00 e. The average molecular weight is 309 g/mol. The summed E-state index contributed by atoms with van der Waals surface area (Å²) in [6.07, 6.45) is 0. The van der Waals surface area contributed by atoms with Crippen molar-refractivity contribution < 1.29 is 47.3 Å². The quantitative estimate of drug-likeness (QED) is 0.504. The summed E-state index contributed by atoms with van der Waals surface area (Å²) in [5.74, 6) is 0. The summed E-state index contributed by atoms with van der Waals surface area (Å²) >= 11 is -2.75. The van der Waals surface area contributed by atoms with Crippen LogP contribution in [0.5, 0.6) is 0 Å². The molecule has 1 rings (SSSR count). The fourth-order valence-corrected chi connectivity index (χ4v) is 4.82. The SMILES string of the molecule is CC1=C(C)C(C)(C)[C]([Ti+]([O]C=O)[O]C=O)=C1C.[Cl-]. The number of rotatable bonds is 5. The molecule has 100 valence electrons. The van der Waals surface area contributed by atoms with Gasteiger partial charge in [-0.15, -0.1) is 0 Å². The van der Waals surface area contributed by atoms with Crippen molar-refractivity contribution in [2.45, 2.75) is 34.6 Å². The minimum absolute atomic E-state index is 0. The van der Waals surface area contributed by atoms with Gasteiger partial charge in [0.25, 0.3) is 0 Å². The van der Waals surface area contributed by atoms with Crippen molar-refractivity contribution in [3.05, 3.63) is 20.6 Å². The van der Waals surface area contributed by atoms with E-state index in [1.165, 1.54) is 11.1 Å². The van der Waals surface area contributed by atoms with Crippen LogP contribution in [-0.4, -0.2) is 12.9 Å². The van der Waals surface area contributed by atoms with Crippen LogP contribution < -0.4 is 12.4 Å². The van der Waals surface area contributed by atoms with Crippen LogP contribution >= 0.6 is 0 Å². The molecule has 6 heteroatoms. The Morgan fingerprint density at radius 3 is 1.72 bits per heavy atom. The molecule has 0 radical (unpaired) electrons. The largest absolute Gasteiger partial charge is 1.00 e. The Morgan fingerprint density at radius 2 is 1.44 bits per heavy atom. The molecule has 4 nitrogen and oxygen atoms in total. The molecular weight excluding hydrogens is 291 g/mol. The number of allylic oxidation sites excluding steroid dienone is 4. The Morgan fingerprint density at radius 1 is 1.00 bits per heavy atom. The van der Waals surface area contributed by atoms with Gasteiger partial charge in [-0.05, 0) is 0 Å². The van der Waals surface area contributed by atoms with E-state index in [4.69, 9.17) is 6.64 Å². The van der Waals surface area contributed by atoms with Crippen LogP contribution in [0.15, 0.2) is 20.6 Å². The maximum Gasteiger partial charge on any atom is -1.00 e. The molecule has 1 aliphatic carbocycles. The molecule has 0 saturated carbocycles. The molecular formula is C12H17ClO4Ti. The van der Waals surface area contributed by atoms with E-state index in [0.717, 1.165) is 9.45 Å². The van der Waals surface area contributed by atoms with Gasteiger partial charge in [-0.1, -0.05) is 0 Å². The van der Waals surface area contributed by atoms with Crippen LogP contribution in [0.4, 0.5) is 0 Å². The molecule has 0 spiro atoms. The Labute approximate surface area is 121 Å². The summed E-state index contributed by atoms with van der Waals surface area (Å²) in [5.41, 5.74) is 3.32. The van der Waals surface area contributed by atoms with Gasteiger partial charge in [-0.2, -0.15) is 0 Å². The first-order valence-corrected chi connectivity index (χ1v) is 7.41. The van der Waals surface area contributed by atoms with Gasteiger partial charge >= 0.3 is 108 Å². The van der Waals surface area contributed by atoms with Gasteiger partial charge in [0.1, 0.15) is 0 Å². The minimum Gasteiger partial charge on any atom is -1.00 e. The maximum atomic E-state index is 10.5. The molecule has 0 fully saturated rings. The zero-order valence-electron chi connectivity index (χ0n) is 11.2. The van der Waals surface area contributed by atoms with Gasteiger partial charge in [0.2, 0.25) is 0 Å². The normalized spacial score (nSPS) is 17.2. The molecule has 18 heavy (non-hydrogen) atoms. The number of hydrogen-bond donors (Lipinski definition) is 0. The van der Waals surface area contributed by atoms with Crippen molar-refractivity contribution in [2.75, 3.05) is 0 Å². The number of hydrogen-bond acceptors (Lipinski definition) is 4. The molecule has 0 unspecified atom stereocenters. The first-order chi connectivity index (χ1) is 7.87. The zero-order chi connectivity index (χ0) is 13.2. The Balaban J connectivity index is 0.00000289. The first-order valence-electron chi connectivity index (χ1n) is 5.35. The van der Waals surface area contributed by atoms with E-state index in [2.05, 4.69) is 20.8 Å². The van der Waals surface area contributed by atoms with Crippen molar-refractivity contribution in [2.24, 2.45) is 5.41 Å². The predicted molar refractivity (Wildman–Crippen MR) is 59.2 cm³/mol. The summed E-state index contributed by atoms with van der Waals surface area (Å²) in [6.45, 7) is 11.0. The van der Waals surface area contributed by atoms with Gasteiger partial charge < -0.3 is 12.4 Å². The fraction of sp³-hybridized carbons (Fsp3) is 0.500. The van der Waals surface area contributed by atoms with Gasteiger partial charge in [0, 0.05) is 0 Å². The van der Waals surface area contributed by atoms with E-state index in [1.54, 1.807) is 0 Å². The third-order valence-electron chi connectivity index (χ3n) is 3.58. The van der Waals surface area contributed by atoms with E-state index >= 15 is 0 Å². The van der Waals surface area contributed by atoms with Crippen LogP contribution in [0.2, 0.25) is 0 Å². The number of halogens is 1. The Bertz CT molecular complexity index is 402. The third-order valence-corrected chi connectivity index (χ3v) is 6.75. The molecule has 0 atom stereocenters. The molecule has 0 aromatic carbocycles. The number of carbonyl (C=O) groups is 2. The van der Waals surface area contributed by atoms with Crippen molar-refractivity contribution in [1.82, 2.24) is 0 Å². The van der Waals surface area contributed by atoms with Gasteiger partial charge in [0.15, 0.2) is 0 Å². The molecule has 0 bridgehead atoms. The van der Waals surface area contributed by atoms with Crippen LogP contribution in [0, 0.1) is 5.41 Å². The summed E-state index contributed by atoms with van der Waals surface area (Å²) in [7, 11) is 0. The topological polar surface area (TPSA) is 52.6 Å². The van der Waals surface area contributed by atoms with Crippen LogP contribution in [-0.2, 0) is 34.9 Å². The van der Waals surface area contributed by atoms with Gasteiger partial charge in [-0.25, -0.2) is 0 Å². The Kier molecular flexibility index (Phi) is 6.34. The maximum absolute atomic E-state index is 10.5. The second kappa shape index (κ2) is 6.55. The molecule has 0 aromatic heterocycles. The second-order valence-electron chi connectivity index (χ2n) is 4.59. The Hall–Kier alpha value is -0.576. The molecule has 0 heterocycles. The average Bonchev–Trinajstić information content (AvgIpc) is 2.40. The van der Waals surface area contributed by atoms with E-state index in [1.807, 2.05) is 13.8 Å². The third kappa shape index (κ3) is 2.87. The summed E-state index contributed by atoms with van der Waals surface area (Å²) in [5, 5.41) is 0. The molecule has 0 aliphatic heterocycles. The monoisotopic (exact) mass is 308 g/mol. The summed E-state index contributed by atoms with van der Waals surface area (Å²) in [6, 6.07) is 0. The van der Waals surface area contributed by atoms with Gasteiger partial charge in [0.05, 0.1) is 0 Å². The summed E-state index contributed by atoms with van der Waals surface area (Å²) < 4.78 is 11.0. The second-order valence-corrected chi connectivity index (χ2v) is 7.01. The standard InChI is InChI=1S/C10H15.2CH2O2.ClH.Ti/c1-7-6-10(4,5)9(3)8(7)2;2*2-1-3;;/h1-5H3;2*1H,(H,2,3);1H;/q;;;;+3/p-3. The zero-order valence-corrected chi connectivity index (χ0v) is 13.5. The summed E-state index contributed by atoms with van der Waals surface area (Å²) in [4.78, 5) is 21.0. The molecule has 0 N–H and O–H groups in total.